The molecule has 0 radical (unpaired) electrons. The zero-order chi connectivity index (χ0) is 14.0. The van der Waals surface area contributed by atoms with Crippen LogP contribution in [0.3, 0.4) is 0 Å². The first-order valence-electron chi connectivity index (χ1n) is 6.59. The second-order valence-electron chi connectivity index (χ2n) is 5.40. The number of hydrogen-bond donors (Lipinski definition) is 0. The van der Waals surface area contributed by atoms with Crippen molar-refractivity contribution in [3.63, 3.8) is 0 Å². The van der Waals surface area contributed by atoms with Gasteiger partial charge in [0.2, 0.25) is 0 Å². The van der Waals surface area contributed by atoms with Crippen molar-refractivity contribution in [3.05, 3.63) is 41.0 Å². The van der Waals surface area contributed by atoms with E-state index in [9.17, 15) is 4.79 Å². The van der Waals surface area contributed by atoms with Crippen molar-refractivity contribution in [1.29, 1.82) is 0 Å². The van der Waals surface area contributed by atoms with Gasteiger partial charge >= 0.3 is 5.97 Å². The summed E-state index contributed by atoms with van der Waals surface area (Å²) < 4.78 is 10.9. The summed E-state index contributed by atoms with van der Waals surface area (Å²) in [5.41, 5.74) is 3.16. The van der Waals surface area contributed by atoms with E-state index in [-0.39, 0.29) is 11.6 Å². The first kappa shape index (κ1) is 13.7. The quantitative estimate of drug-likeness (QED) is 0.605. The summed E-state index contributed by atoms with van der Waals surface area (Å²) in [6.45, 7) is 8.30. The van der Waals surface area contributed by atoms with Gasteiger partial charge in [0.1, 0.15) is 11.4 Å². The molecule has 1 aliphatic heterocycles. The summed E-state index contributed by atoms with van der Waals surface area (Å²) in [5, 5.41) is 0. The van der Waals surface area contributed by atoms with Gasteiger partial charge in [-0.2, -0.15) is 0 Å². The monoisotopic (exact) mass is 260 g/mol. The zero-order valence-electron chi connectivity index (χ0n) is 11.9. The molecule has 0 amide bonds. The summed E-state index contributed by atoms with van der Waals surface area (Å²) >= 11 is 0. The maximum absolute atomic E-state index is 11.6. The molecule has 0 spiro atoms. The highest BCUT2D eigenvalue weighted by Crippen LogP contribution is 2.36. The number of hydrogen-bond acceptors (Lipinski definition) is 3. The minimum Gasteiger partial charge on any atom is -0.487 e. The highest BCUT2D eigenvalue weighted by molar-refractivity contribution is 5.90. The van der Waals surface area contributed by atoms with E-state index >= 15 is 0 Å². The summed E-state index contributed by atoms with van der Waals surface area (Å²) in [6, 6.07) is 6.06. The molecule has 1 heterocycles. The van der Waals surface area contributed by atoms with E-state index in [4.69, 9.17) is 9.47 Å². The Labute approximate surface area is 114 Å². The molecule has 0 saturated carbocycles. The molecule has 1 aromatic carbocycles. The molecule has 0 N–H and O–H groups in total. The van der Waals surface area contributed by atoms with Gasteiger partial charge in [-0.3, -0.25) is 0 Å². The Morgan fingerprint density at radius 3 is 2.89 bits per heavy atom. The van der Waals surface area contributed by atoms with E-state index in [0.29, 0.717) is 12.4 Å². The third-order valence-corrected chi connectivity index (χ3v) is 3.20. The van der Waals surface area contributed by atoms with Crippen LogP contribution in [0, 0.1) is 6.92 Å². The lowest BCUT2D eigenvalue weighted by atomic mass is 9.87. The summed E-state index contributed by atoms with van der Waals surface area (Å²) in [4.78, 5) is 11.6. The highest BCUT2D eigenvalue weighted by Gasteiger charge is 2.31. The molecule has 1 aromatic rings. The number of ether oxygens (including phenoxy) is 2. The molecule has 0 fully saturated rings. The third kappa shape index (κ3) is 2.98. The van der Waals surface area contributed by atoms with Crippen LogP contribution < -0.4 is 0 Å². The number of carbonyl (C=O) groups is 1. The largest absolute Gasteiger partial charge is 0.487 e. The Balaban J connectivity index is 2.46. The van der Waals surface area contributed by atoms with Crippen LogP contribution >= 0.6 is 0 Å². The van der Waals surface area contributed by atoms with Crippen LogP contribution in [0.4, 0.5) is 0 Å². The summed E-state index contributed by atoms with van der Waals surface area (Å²) in [7, 11) is 0. The molecule has 3 heteroatoms. The van der Waals surface area contributed by atoms with E-state index in [0.717, 1.165) is 12.0 Å². The van der Waals surface area contributed by atoms with Crippen molar-refractivity contribution in [2.24, 2.45) is 0 Å². The van der Waals surface area contributed by atoms with Gasteiger partial charge in [0.25, 0.3) is 0 Å². The lowest BCUT2D eigenvalue weighted by Crippen LogP contribution is -2.32. The van der Waals surface area contributed by atoms with Crippen molar-refractivity contribution in [3.8, 4) is 0 Å². The standard InChI is InChI=1S/C16H20O3/c1-5-18-15(17)9-14-12-8-6-7-11(2)13(12)10-16(3,4)19-14/h6-9H,5,10H2,1-4H3/b14-9+. The molecule has 3 nitrogen and oxygen atoms in total. The molecule has 102 valence electrons. The molecule has 19 heavy (non-hydrogen) atoms. The molecular weight excluding hydrogens is 240 g/mol. The lowest BCUT2D eigenvalue weighted by Gasteiger charge is -2.35. The fourth-order valence-electron chi connectivity index (χ4n) is 2.38. The van der Waals surface area contributed by atoms with Crippen molar-refractivity contribution in [1.82, 2.24) is 0 Å². The Bertz CT molecular complexity index is 527. The average molecular weight is 260 g/mol. The Hall–Kier alpha value is -1.77. The zero-order valence-corrected chi connectivity index (χ0v) is 11.9. The normalized spacial score (nSPS) is 18.6. The molecule has 0 aromatic heterocycles. The fraction of sp³-hybridized carbons (Fsp3) is 0.438. The van der Waals surface area contributed by atoms with E-state index in [2.05, 4.69) is 13.0 Å². The first-order chi connectivity index (χ1) is 8.93. The van der Waals surface area contributed by atoms with E-state index in [1.54, 1.807) is 6.92 Å². The Morgan fingerprint density at radius 1 is 1.47 bits per heavy atom. The van der Waals surface area contributed by atoms with Gasteiger partial charge in [-0.1, -0.05) is 18.2 Å². The predicted molar refractivity (Wildman–Crippen MR) is 74.7 cm³/mol. The van der Waals surface area contributed by atoms with Gasteiger partial charge < -0.3 is 9.47 Å². The van der Waals surface area contributed by atoms with Gasteiger partial charge in [-0.05, 0) is 38.8 Å². The molecular formula is C16H20O3. The van der Waals surface area contributed by atoms with Crippen LogP contribution in [0.15, 0.2) is 24.3 Å². The first-order valence-corrected chi connectivity index (χ1v) is 6.59. The Morgan fingerprint density at radius 2 is 2.21 bits per heavy atom. The highest BCUT2D eigenvalue weighted by atomic mass is 16.5. The molecule has 0 bridgehead atoms. The van der Waals surface area contributed by atoms with Gasteiger partial charge in [-0.15, -0.1) is 0 Å². The molecule has 0 atom stereocenters. The predicted octanol–water partition coefficient (Wildman–Crippen LogP) is 3.25. The van der Waals surface area contributed by atoms with E-state index in [1.807, 2.05) is 26.0 Å². The lowest BCUT2D eigenvalue weighted by molar-refractivity contribution is -0.137. The van der Waals surface area contributed by atoms with Crippen LogP contribution in [-0.4, -0.2) is 18.2 Å². The molecule has 0 unspecified atom stereocenters. The van der Waals surface area contributed by atoms with Gasteiger partial charge in [-0.25, -0.2) is 4.79 Å². The van der Waals surface area contributed by atoms with Crippen LogP contribution in [-0.2, 0) is 20.7 Å². The van der Waals surface area contributed by atoms with E-state index < -0.39 is 0 Å². The van der Waals surface area contributed by atoms with Crippen LogP contribution in [0.1, 0.15) is 37.5 Å². The second kappa shape index (κ2) is 5.08. The minimum atomic E-state index is -0.359. The number of benzene rings is 1. The number of fused-ring (bicyclic) bond motifs is 1. The molecule has 2 rings (SSSR count). The maximum atomic E-state index is 11.6. The van der Waals surface area contributed by atoms with Crippen molar-refractivity contribution >= 4 is 11.7 Å². The topological polar surface area (TPSA) is 35.5 Å². The summed E-state index contributed by atoms with van der Waals surface area (Å²) in [6.07, 6.45) is 2.29. The van der Waals surface area contributed by atoms with Gasteiger partial charge in [0.05, 0.1) is 12.7 Å². The second-order valence-corrected chi connectivity index (χ2v) is 5.40. The smallest absolute Gasteiger partial charge is 0.334 e. The van der Waals surface area contributed by atoms with Crippen LogP contribution in [0.25, 0.3) is 5.76 Å². The van der Waals surface area contributed by atoms with Gasteiger partial charge in [0, 0.05) is 12.0 Å². The Kier molecular flexibility index (Phi) is 3.65. The van der Waals surface area contributed by atoms with Crippen molar-refractivity contribution < 1.29 is 14.3 Å². The van der Waals surface area contributed by atoms with E-state index in [1.165, 1.54) is 17.2 Å². The maximum Gasteiger partial charge on any atom is 0.334 e. The van der Waals surface area contributed by atoms with Crippen molar-refractivity contribution in [2.75, 3.05) is 6.61 Å². The van der Waals surface area contributed by atoms with Crippen molar-refractivity contribution in [2.45, 2.75) is 39.7 Å². The van der Waals surface area contributed by atoms with Crippen LogP contribution in [0.2, 0.25) is 0 Å². The number of carbonyl (C=O) groups excluding carboxylic acids is 1. The van der Waals surface area contributed by atoms with Gasteiger partial charge in [0.15, 0.2) is 0 Å². The number of esters is 1. The molecule has 0 aliphatic carbocycles. The summed E-state index contributed by atoms with van der Waals surface area (Å²) in [5.74, 6) is 0.246. The minimum absolute atomic E-state index is 0.308. The average Bonchev–Trinajstić information content (AvgIpc) is 2.30. The van der Waals surface area contributed by atoms with Crippen LogP contribution in [0.5, 0.6) is 0 Å². The number of rotatable bonds is 2. The molecule has 1 aliphatic rings. The third-order valence-electron chi connectivity index (χ3n) is 3.20. The molecule has 0 saturated heterocycles. The fourth-order valence-corrected chi connectivity index (χ4v) is 2.38. The SMILES string of the molecule is CCOC(=O)/C=C1/OC(C)(C)Cc2c(C)cccc21. The number of aryl methyl sites for hydroxylation is 1.